The van der Waals surface area contributed by atoms with Gasteiger partial charge in [-0.05, 0) is 29.8 Å². The Bertz CT molecular complexity index is 912. The van der Waals surface area contributed by atoms with Gasteiger partial charge in [0.05, 0.1) is 5.75 Å². The first-order valence-electron chi connectivity index (χ1n) is 8.27. The van der Waals surface area contributed by atoms with Crippen LogP contribution < -0.4 is 5.32 Å². The smallest absolute Gasteiger partial charge is 0.230 e. The Labute approximate surface area is 166 Å². The number of hydrogen-bond donors (Lipinski definition) is 1. The zero-order valence-electron chi connectivity index (χ0n) is 14.5. The van der Waals surface area contributed by atoms with Crippen molar-refractivity contribution >= 4 is 29.3 Å². The number of halogens is 1. The molecule has 1 N–H and O–H groups in total. The number of amides is 1. The van der Waals surface area contributed by atoms with E-state index in [1.807, 2.05) is 34.9 Å². The van der Waals surface area contributed by atoms with Gasteiger partial charge in [0.2, 0.25) is 5.91 Å². The van der Waals surface area contributed by atoms with Crippen molar-refractivity contribution in [3.8, 4) is 11.5 Å². The summed E-state index contributed by atoms with van der Waals surface area (Å²) in [5, 5.41) is 12.6. The van der Waals surface area contributed by atoms with Crippen LogP contribution in [0.4, 0.5) is 0 Å². The van der Waals surface area contributed by atoms with Gasteiger partial charge in [0.15, 0.2) is 11.0 Å². The topological polar surface area (TPSA) is 72.7 Å². The fourth-order valence-corrected chi connectivity index (χ4v) is 3.26. The number of rotatable bonds is 8. The van der Waals surface area contributed by atoms with E-state index in [-0.39, 0.29) is 11.7 Å². The first-order chi connectivity index (χ1) is 13.2. The maximum absolute atomic E-state index is 12.2. The third-order valence-corrected chi connectivity index (χ3v) is 4.88. The van der Waals surface area contributed by atoms with E-state index in [2.05, 4.69) is 27.1 Å². The molecule has 0 aliphatic carbocycles. The molecule has 0 fully saturated rings. The van der Waals surface area contributed by atoms with Crippen molar-refractivity contribution in [1.29, 1.82) is 0 Å². The molecule has 8 heteroatoms. The SMILES string of the molecule is C=CCn1c(SCC(=O)NCc2ccc(Cl)cc2)nnc1-c1ccccn1. The minimum absolute atomic E-state index is 0.0810. The van der Waals surface area contributed by atoms with E-state index in [0.717, 1.165) is 11.3 Å². The molecule has 0 atom stereocenters. The van der Waals surface area contributed by atoms with Crippen LogP contribution in [0.15, 0.2) is 66.5 Å². The van der Waals surface area contributed by atoms with Crippen molar-refractivity contribution in [3.63, 3.8) is 0 Å². The molecule has 0 unspecified atom stereocenters. The van der Waals surface area contributed by atoms with Crippen LogP contribution >= 0.6 is 23.4 Å². The van der Waals surface area contributed by atoms with Gasteiger partial charge in [-0.3, -0.25) is 14.3 Å². The molecule has 0 aliphatic rings. The maximum Gasteiger partial charge on any atom is 0.230 e. The second-order valence-corrected chi connectivity index (χ2v) is 6.99. The monoisotopic (exact) mass is 399 g/mol. The number of nitrogens with zero attached hydrogens (tertiary/aromatic N) is 4. The number of carbonyl (C=O) groups excluding carboxylic acids is 1. The standard InChI is InChI=1S/C19H18ClN5OS/c1-2-11-25-18(16-5-3-4-10-21-16)23-24-19(25)27-13-17(26)22-12-14-6-8-15(20)9-7-14/h2-10H,1,11-13H2,(H,22,26). The number of allylic oxidation sites excluding steroid dienone is 1. The highest BCUT2D eigenvalue weighted by Gasteiger charge is 2.15. The Morgan fingerprint density at radius 1 is 1.22 bits per heavy atom. The predicted molar refractivity (Wildman–Crippen MR) is 107 cm³/mol. The third-order valence-electron chi connectivity index (χ3n) is 3.66. The van der Waals surface area contributed by atoms with Gasteiger partial charge in [-0.15, -0.1) is 16.8 Å². The summed E-state index contributed by atoms with van der Waals surface area (Å²) in [6.45, 7) is 4.77. The second kappa shape index (κ2) is 9.34. The van der Waals surface area contributed by atoms with Gasteiger partial charge in [-0.2, -0.15) is 0 Å². The highest BCUT2D eigenvalue weighted by molar-refractivity contribution is 7.99. The normalized spacial score (nSPS) is 10.6. The summed E-state index contributed by atoms with van der Waals surface area (Å²) in [4.78, 5) is 16.5. The summed E-state index contributed by atoms with van der Waals surface area (Å²) in [5.41, 5.74) is 1.72. The number of hydrogen-bond acceptors (Lipinski definition) is 5. The lowest BCUT2D eigenvalue weighted by atomic mass is 10.2. The Hall–Kier alpha value is -2.64. The van der Waals surface area contributed by atoms with E-state index in [4.69, 9.17) is 11.6 Å². The number of thioether (sulfide) groups is 1. The lowest BCUT2D eigenvalue weighted by Gasteiger charge is -2.08. The molecule has 0 spiro atoms. The van der Waals surface area contributed by atoms with Gasteiger partial charge in [0.1, 0.15) is 5.69 Å². The highest BCUT2D eigenvalue weighted by Crippen LogP contribution is 2.22. The van der Waals surface area contributed by atoms with Crippen LogP contribution in [0.1, 0.15) is 5.56 Å². The molecule has 0 radical (unpaired) electrons. The van der Waals surface area contributed by atoms with Crippen LogP contribution in [-0.2, 0) is 17.9 Å². The minimum Gasteiger partial charge on any atom is -0.351 e. The van der Waals surface area contributed by atoms with Gasteiger partial charge in [-0.25, -0.2) is 0 Å². The summed E-state index contributed by atoms with van der Waals surface area (Å²) >= 11 is 7.19. The Morgan fingerprint density at radius 3 is 2.74 bits per heavy atom. The molecule has 1 aromatic carbocycles. The summed E-state index contributed by atoms with van der Waals surface area (Å²) in [5.74, 6) is 0.813. The maximum atomic E-state index is 12.2. The van der Waals surface area contributed by atoms with E-state index in [1.54, 1.807) is 24.4 Å². The summed E-state index contributed by atoms with van der Waals surface area (Å²) < 4.78 is 1.90. The van der Waals surface area contributed by atoms with Crippen molar-refractivity contribution in [2.75, 3.05) is 5.75 Å². The van der Waals surface area contributed by atoms with E-state index in [9.17, 15) is 4.79 Å². The second-order valence-electron chi connectivity index (χ2n) is 5.61. The van der Waals surface area contributed by atoms with Gasteiger partial charge in [-0.1, -0.05) is 47.6 Å². The largest absolute Gasteiger partial charge is 0.351 e. The zero-order chi connectivity index (χ0) is 19.1. The predicted octanol–water partition coefficient (Wildman–Crippen LogP) is 3.59. The van der Waals surface area contributed by atoms with Crippen molar-refractivity contribution in [2.45, 2.75) is 18.2 Å². The fraction of sp³-hybridized carbons (Fsp3) is 0.158. The molecule has 0 saturated heterocycles. The molecule has 1 amide bonds. The molecule has 2 heterocycles. The minimum atomic E-state index is -0.0810. The van der Waals surface area contributed by atoms with Crippen molar-refractivity contribution in [3.05, 3.63) is 71.9 Å². The molecule has 6 nitrogen and oxygen atoms in total. The average Bonchev–Trinajstić information content (AvgIpc) is 3.09. The molecule has 3 rings (SSSR count). The molecule has 3 aromatic rings. The molecule has 27 heavy (non-hydrogen) atoms. The van der Waals surface area contributed by atoms with Crippen LogP contribution in [0, 0.1) is 0 Å². The van der Waals surface area contributed by atoms with Crippen LogP contribution in [-0.4, -0.2) is 31.4 Å². The van der Waals surface area contributed by atoms with E-state index < -0.39 is 0 Å². The Morgan fingerprint density at radius 2 is 2.04 bits per heavy atom. The molecule has 138 valence electrons. The number of pyridine rings is 1. The molecule has 0 bridgehead atoms. The Balaban J connectivity index is 1.61. The molecular formula is C19H18ClN5OS. The van der Waals surface area contributed by atoms with E-state index in [0.29, 0.717) is 29.1 Å². The summed E-state index contributed by atoms with van der Waals surface area (Å²) in [6, 6.07) is 13.0. The van der Waals surface area contributed by atoms with Crippen LogP contribution in [0.2, 0.25) is 5.02 Å². The van der Waals surface area contributed by atoms with Gasteiger partial charge in [0, 0.05) is 24.3 Å². The first kappa shape index (κ1) is 19.1. The van der Waals surface area contributed by atoms with Crippen LogP contribution in [0.3, 0.4) is 0 Å². The Kier molecular flexibility index (Phi) is 6.62. The molecule has 0 saturated carbocycles. The van der Waals surface area contributed by atoms with Crippen LogP contribution in [0.25, 0.3) is 11.5 Å². The summed E-state index contributed by atoms with van der Waals surface area (Å²) in [7, 11) is 0. The van der Waals surface area contributed by atoms with E-state index in [1.165, 1.54) is 11.8 Å². The van der Waals surface area contributed by atoms with Gasteiger partial charge < -0.3 is 5.32 Å². The molecular weight excluding hydrogens is 382 g/mol. The molecule has 0 aliphatic heterocycles. The average molecular weight is 400 g/mol. The number of benzene rings is 1. The van der Waals surface area contributed by atoms with Crippen LogP contribution in [0.5, 0.6) is 0 Å². The van der Waals surface area contributed by atoms with Gasteiger partial charge in [0.25, 0.3) is 0 Å². The lowest BCUT2D eigenvalue weighted by molar-refractivity contribution is -0.118. The first-order valence-corrected chi connectivity index (χ1v) is 9.63. The molecule has 2 aromatic heterocycles. The number of aromatic nitrogens is 4. The zero-order valence-corrected chi connectivity index (χ0v) is 16.1. The lowest BCUT2D eigenvalue weighted by Crippen LogP contribution is -2.24. The summed E-state index contributed by atoms with van der Waals surface area (Å²) in [6.07, 6.45) is 3.47. The van der Waals surface area contributed by atoms with E-state index >= 15 is 0 Å². The van der Waals surface area contributed by atoms with Crippen molar-refractivity contribution in [2.24, 2.45) is 0 Å². The number of carbonyl (C=O) groups is 1. The number of nitrogens with one attached hydrogen (secondary N) is 1. The van der Waals surface area contributed by atoms with Crippen molar-refractivity contribution in [1.82, 2.24) is 25.1 Å². The highest BCUT2D eigenvalue weighted by atomic mass is 35.5. The quantitative estimate of drug-likeness (QED) is 0.463. The van der Waals surface area contributed by atoms with Gasteiger partial charge >= 0.3 is 0 Å². The van der Waals surface area contributed by atoms with Crippen molar-refractivity contribution < 1.29 is 4.79 Å². The fourth-order valence-electron chi connectivity index (χ4n) is 2.36. The third kappa shape index (κ3) is 5.18.